The summed E-state index contributed by atoms with van der Waals surface area (Å²) in [7, 11) is 0. The highest BCUT2D eigenvalue weighted by molar-refractivity contribution is 5.08. The second kappa shape index (κ2) is 4.26. The molecule has 8 heteroatoms. The maximum absolute atomic E-state index is 11.8. The Kier molecular flexibility index (Phi) is 3.09. The molecule has 1 fully saturated rings. The van der Waals surface area contributed by atoms with Gasteiger partial charge in [-0.2, -0.15) is 18.2 Å². The molecule has 1 aliphatic rings. The molecule has 0 aromatic carbocycles. The molecular weight excluding hydrogens is 239 g/mol. The first-order valence-electron chi connectivity index (χ1n) is 5.15. The Morgan fingerprint density at radius 2 is 2.12 bits per heavy atom. The minimum atomic E-state index is -4.36. The lowest BCUT2D eigenvalue weighted by Crippen LogP contribution is -2.44. The summed E-state index contributed by atoms with van der Waals surface area (Å²) in [6.07, 6.45) is -1.85. The van der Waals surface area contributed by atoms with E-state index in [2.05, 4.69) is 14.9 Å². The second-order valence-corrected chi connectivity index (χ2v) is 4.13. The van der Waals surface area contributed by atoms with Crippen LogP contribution in [0.4, 0.5) is 13.2 Å². The molecule has 2 rings (SSSR count). The van der Waals surface area contributed by atoms with Crippen molar-refractivity contribution in [3.8, 4) is 0 Å². The minimum absolute atomic E-state index is 0.0148. The fourth-order valence-electron chi connectivity index (χ4n) is 1.55. The van der Waals surface area contributed by atoms with Gasteiger partial charge in [0.15, 0.2) is 5.82 Å². The van der Waals surface area contributed by atoms with Crippen LogP contribution in [0, 0.1) is 0 Å². The Balaban J connectivity index is 1.86. The number of hydrogen-bond donors (Lipinski definition) is 1. The van der Waals surface area contributed by atoms with E-state index in [0.29, 0.717) is 5.82 Å². The fraction of sp³-hybridized carbons (Fsp3) is 0.778. The van der Waals surface area contributed by atoms with Crippen molar-refractivity contribution in [2.75, 3.05) is 6.61 Å². The van der Waals surface area contributed by atoms with Crippen LogP contribution in [0.3, 0.4) is 0 Å². The van der Waals surface area contributed by atoms with E-state index < -0.39 is 18.3 Å². The predicted octanol–water partition coefficient (Wildman–Crippen LogP) is 1.49. The fourth-order valence-corrected chi connectivity index (χ4v) is 1.55. The number of nitrogens with two attached hydrogens (primary N) is 1. The van der Waals surface area contributed by atoms with Crippen molar-refractivity contribution >= 4 is 0 Å². The van der Waals surface area contributed by atoms with E-state index in [1.807, 2.05) is 0 Å². The number of ether oxygens (including phenoxy) is 1. The van der Waals surface area contributed by atoms with Gasteiger partial charge in [0.2, 0.25) is 0 Å². The number of halogens is 3. The van der Waals surface area contributed by atoms with E-state index in [4.69, 9.17) is 10.3 Å². The van der Waals surface area contributed by atoms with Gasteiger partial charge in [0.1, 0.15) is 13.2 Å². The SMILES string of the molecule is NC1(c2noc(COCC(F)(F)F)n2)CCC1. The Morgan fingerprint density at radius 1 is 1.41 bits per heavy atom. The standard InChI is InChI=1S/C9H12F3N3O2/c10-9(11,12)5-16-4-6-14-7(15-17-6)8(13)2-1-3-8/h1-5,13H2. The van der Waals surface area contributed by atoms with Crippen molar-refractivity contribution in [3.63, 3.8) is 0 Å². The maximum Gasteiger partial charge on any atom is 0.411 e. The molecule has 0 saturated heterocycles. The van der Waals surface area contributed by atoms with Crippen molar-refractivity contribution in [2.24, 2.45) is 5.73 Å². The van der Waals surface area contributed by atoms with Gasteiger partial charge in [-0.3, -0.25) is 0 Å². The average Bonchev–Trinajstić information content (AvgIpc) is 2.61. The third-order valence-corrected chi connectivity index (χ3v) is 2.65. The van der Waals surface area contributed by atoms with Crippen molar-refractivity contribution in [2.45, 2.75) is 37.6 Å². The summed E-state index contributed by atoms with van der Waals surface area (Å²) in [4.78, 5) is 3.93. The molecule has 96 valence electrons. The predicted molar refractivity (Wildman–Crippen MR) is 49.7 cm³/mol. The Bertz CT molecular complexity index is 387. The van der Waals surface area contributed by atoms with Gasteiger partial charge < -0.3 is 15.0 Å². The van der Waals surface area contributed by atoms with Gasteiger partial charge in [-0.25, -0.2) is 0 Å². The van der Waals surface area contributed by atoms with Gasteiger partial charge in [-0.1, -0.05) is 5.16 Å². The van der Waals surface area contributed by atoms with E-state index in [-0.39, 0.29) is 12.5 Å². The summed E-state index contributed by atoms with van der Waals surface area (Å²) >= 11 is 0. The molecule has 0 bridgehead atoms. The molecule has 1 heterocycles. The van der Waals surface area contributed by atoms with Crippen molar-refractivity contribution in [1.29, 1.82) is 0 Å². The van der Waals surface area contributed by atoms with Crippen molar-refractivity contribution in [1.82, 2.24) is 10.1 Å². The number of alkyl halides is 3. The minimum Gasteiger partial charge on any atom is -0.362 e. The number of rotatable bonds is 4. The highest BCUT2D eigenvalue weighted by Gasteiger charge is 2.39. The second-order valence-electron chi connectivity index (χ2n) is 4.13. The molecule has 1 aromatic heterocycles. The first-order valence-corrected chi connectivity index (χ1v) is 5.15. The molecule has 1 aromatic rings. The summed E-state index contributed by atoms with van der Waals surface area (Å²) in [5, 5.41) is 3.65. The summed E-state index contributed by atoms with van der Waals surface area (Å²) in [5.74, 6) is 0.357. The first-order chi connectivity index (χ1) is 7.89. The van der Waals surface area contributed by atoms with Crippen LogP contribution in [0.2, 0.25) is 0 Å². The normalized spacial score (nSPS) is 19.1. The molecule has 17 heavy (non-hydrogen) atoms. The zero-order valence-corrected chi connectivity index (χ0v) is 8.96. The molecule has 0 spiro atoms. The van der Waals surface area contributed by atoms with Gasteiger partial charge >= 0.3 is 6.18 Å². The smallest absolute Gasteiger partial charge is 0.362 e. The molecule has 1 saturated carbocycles. The molecule has 0 atom stereocenters. The number of nitrogens with zero attached hydrogens (tertiary/aromatic N) is 2. The van der Waals surface area contributed by atoms with Crippen LogP contribution in [0.1, 0.15) is 31.0 Å². The lowest BCUT2D eigenvalue weighted by atomic mass is 9.77. The van der Waals surface area contributed by atoms with Crippen LogP contribution in [-0.2, 0) is 16.9 Å². The lowest BCUT2D eigenvalue weighted by Gasteiger charge is -2.34. The van der Waals surface area contributed by atoms with Crippen molar-refractivity contribution in [3.05, 3.63) is 11.7 Å². The molecule has 0 radical (unpaired) electrons. The Morgan fingerprint density at radius 3 is 2.65 bits per heavy atom. The zero-order chi connectivity index (χ0) is 12.5. The average molecular weight is 251 g/mol. The molecule has 2 N–H and O–H groups in total. The molecule has 0 aliphatic heterocycles. The molecule has 0 amide bonds. The van der Waals surface area contributed by atoms with Gasteiger partial charge in [-0.05, 0) is 19.3 Å². The zero-order valence-electron chi connectivity index (χ0n) is 8.96. The van der Waals surface area contributed by atoms with E-state index >= 15 is 0 Å². The highest BCUT2D eigenvalue weighted by Crippen LogP contribution is 2.36. The van der Waals surface area contributed by atoms with Crippen molar-refractivity contribution < 1.29 is 22.4 Å². The largest absolute Gasteiger partial charge is 0.411 e. The summed E-state index contributed by atoms with van der Waals surface area (Å²) in [6.45, 7) is -1.69. The molecule has 1 aliphatic carbocycles. The number of hydrogen-bond acceptors (Lipinski definition) is 5. The summed E-state index contributed by atoms with van der Waals surface area (Å²) in [5.41, 5.74) is 5.35. The Hall–Kier alpha value is -1.15. The van der Waals surface area contributed by atoms with Crippen LogP contribution in [0.15, 0.2) is 4.52 Å². The van der Waals surface area contributed by atoms with Gasteiger partial charge in [-0.15, -0.1) is 0 Å². The third kappa shape index (κ3) is 2.95. The topological polar surface area (TPSA) is 74.2 Å². The molecule has 5 nitrogen and oxygen atoms in total. The summed E-state index contributed by atoms with van der Waals surface area (Å²) in [6, 6.07) is 0. The number of aromatic nitrogens is 2. The molecule has 0 unspecified atom stereocenters. The van der Waals surface area contributed by atoms with Gasteiger partial charge in [0.25, 0.3) is 5.89 Å². The summed E-state index contributed by atoms with van der Waals surface area (Å²) < 4.78 is 44.6. The van der Waals surface area contributed by atoms with Crippen LogP contribution in [0.5, 0.6) is 0 Å². The quantitative estimate of drug-likeness (QED) is 0.877. The van der Waals surface area contributed by atoms with E-state index in [0.717, 1.165) is 19.3 Å². The van der Waals surface area contributed by atoms with E-state index in [1.54, 1.807) is 0 Å². The van der Waals surface area contributed by atoms with Gasteiger partial charge in [0.05, 0.1) is 5.54 Å². The monoisotopic (exact) mass is 251 g/mol. The van der Waals surface area contributed by atoms with Crippen LogP contribution in [-0.4, -0.2) is 22.9 Å². The van der Waals surface area contributed by atoms with Crippen LogP contribution in [0.25, 0.3) is 0 Å². The van der Waals surface area contributed by atoms with Crippen LogP contribution < -0.4 is 5.73 Å². The Labute approximate surface area is 95.1 Å². The van der Waals surface area contributed by atoms with Crippen LogP contribution >= 0.6 is 0 Å². The van der Waals surface area contributed by atoms with E-state index in [1.165, 1.54) is 0 Å². The maximum atomic E-state index is 11.8. The first kappa shape index (κ1) is 12.3. The van der Waals surface area contributed by atoms with Gasteiger partial charge in [0, 0.05) is 0 Å². The highest BCUT2D eigenvalue weighted by atomic mass is 19.4. The van der Waals surface area contributed by atoms with E-state index in [9.17, 15) is 13.2 Å². The lowest BCUT2D eigenvalue weighted by molar-refractivity contribution is -0.178. The molecular formula is C9H12F3N3O2. The third-order valence-electron chi connectivity index (χ3n) is 2.65.